The molecule has 2 N–H and O–H groups in total. The Morgan fingerprint density at radius 1 is 1.33 bits per heavy atom. The molecule has 0 aliphatic carbocycles. The lowest BCUT2D eigenvalue weighted by Gasteiger charge is -2.16. The number of carbonyl (C=O) groups is 1. The van der Waals surface area contributed by atoms with Gasteiger partial charge in [-0.15, -0.1) is 0 Å². The van der Waals surface area contributed by atoms with E-state index in [0.717, 1.165) is 24.9 Å². The minimum Gasteiger partial charge on any atom is -0.342 e. The van der Waals surface area contributed by atoms with E-state index in [0.29, 0.717) is 12.1 Å². The highest BCUT2D eigenvalue weighted by Crippen LogP contribution is 2.07. The van der Waals surface area contributed by atoms with Crippen LogP contribution in [-0.2, 0) is 0 Å². The lowest BCUT2D eigenvalue weighted by molar-refractivity contribution is 0.0793. The number of hydrogen-bond donors (Lipinski definition) is 1. The number of hydrogen-bond acceptors (Lipinski definition) is 2. The van der Waals surface area contributed by atoms with Gasteiger partial charge in [-0.2, -0.15) is 0 Å². The molecule has 1 amide bonds. The van der Waals surface area contributed by atoms with Crippen molar-refractivity contribution in [3.05, 3.63) is 35.4 Å². The minimum absolute atomic E-state index is 0.0572. The molecule has 0 saturated heterocycles. The van der Waals surface area contributed by atoms with Crippen LogP contribution in [0.2, 0.25) is 0 Å². The van der Waals surface area contributed by atoms with Crippen LogP contribution in [0.25, 0.3) is 0 Å². The monoisotopic (exact) mass is 244 g/mol. The van der Waals surface area contributed by atoms with Crippen molar-refractivity contribution in [3.8, 4) is 11.8 Å². The van der Waals surface area contributed by atoms with Gasteiger partial charge in [0.2, 0.25) is 0 Å². The standard InChI is InChI=1S/C15H20N2O/c1-3-4-12-17(2)15(18)14-9-7-13(8-10-14)6-5-11-16/h7-10H,3-4,11-12,16H2,1-2H3. The van der Waals surface area contributed by atoms with Gasteiger partial charge in [-0.1, -0.05) is 25.2 Å². The molecule has 0 atom stereocenters. The van der Waals surface area contributed by atoms with Gasteiger partial charge in [-0.25, -0.2) is 0 Å². The fraction of sp³-hybridized carbons (Fsp3) is 0.400. The summed E-state index contributed by atoms with van der Waals surface area (Å²) < 4.78 is 0. The van der Waals surface area contributed by atoms with Crippen LogP contribution in [0.1, 0.15) is 35.7 Å². The summed E-state index contributed by atoms with van der Waals surface area (Å²) in [5.74, 6) is 5.78. The largest absolute Gasteiger partial charge is 0.342 e. The highest BCUT2D eigenvalue weighted by Gasteiger charge is 2.10. The quantitative estimate of drug-likeness (QED) is 0.822. The van der Waals surface area contributed by atoms with Crippen molar-refractivity contribution in [1.82, 2.24) is 4.90 Å². The molecule has 3 heteroatoms. The van der Waals surface area contributed by atoms with Gasteiger partial charge in [0, 0.05) is 24.7 Å². The van der Waals surface area contributed by atoms with Gasteiger partial charge >= 0.3 is 0 Å². The van der Waals surface area contributed by atoms with E-state index in [1.54, 1.807) is 4.90 Å². The van der Waals surface area contributed by atoms with Crippen molar-refractivity contribution >= 4 is 5.91 Å². The molecule has 18 heavy (non-hydrogen) atoms. The van der Waals surface area contributed by atoms with E-state index in [2.05, 4.69) is 18.8 Å². The topological polar surface area (TPSA) is 46.3 Å². The second-order valence-corrected chi connectivity index (χ2v) is 4.16. The lowest BCUT2D eigenvalue weighted by Crippen LogP contribution is -2.27. The molecule has 0 saturated carbocycles. The van der Waals surface area contributed by atoms with Crippen LogP contribution in [-0.4, -0.2) is 30.9 Å². The van der Waals surface area contributed by atoms with Gasteiger partial charge in [-0.05, 0) is 30.7 Å². The molecule has 0 aromatic heterocycles. The smallest absolute Gasteiger partial charge is 0.253 e. The van der Waals surface area contributed by atoms with E-state index in [-0.39, 0.29) is 5.91 Å². The predicted molar refractivity (Wildman–Crippen MR) is 74.2 cm³/mol. The molecule has 0 fully saturated rings. The zero-order chi connectivity index (χ0) is 13.4. The van der Waals surface area contributed by atoms with Gasteiger partial charge in [0.25, 0.3) is 5.91 Å². The first kappa shape index (κ1) is 14.3. The van der Waals surface area contributed by atoms with Gasteiger partial charge in [0.1, 0.15) is 0 Å². The van der Waals surface area contributed by atoms with Gasteiger partial charge < -0.3 is 10.6 Å². The summed E-state index contributed by atoms with van der Waals surface area (Å²) in [6.45, 7) is 3.26. The van der Waals surface area contributed by atoms with E-state index in [4.69, 9.17) is 5.73 Å². The molecule has 0 bridgehead atoms. The summed E-state index contributed by atoms with van der Waals surface area (Å²) in [4.78, 5) is 13.8. The van der Waals surface area contributed by atoms with Gasteiger partial charge in [0.15, 0.2) is 0 Å². The molecule has 0 unspecified atom stereocenters. The molecule has 96 valence electrons. The van der Waals surface area contributed by atoms with Crippen molar-refractivity contribution < 1.29 is 4.79 Å². The van der Waals surface area contributed by atoms with Crippen molar-refractivity contribution in [2.75, 3.05) is 20.1 Å². The van der Waals surface area contributed by atoms with Crippen molar-refractivity contribution in [2.24, 2.45) is 5.73 Å². The molecule has 1 rings (SSSR count). The zero-order valence-corrected chi connectivity index (χ0v) is 11.1. The average Bonchev–Trinajstić information content (AvgIpc) is 2.42. The number of amides is 1. The van der Waals surface area contributed by atoms with Crippen LogP contribution >= 0.6 is 0 Å². The number of rotatable bonds is 4. The van der Waals surface area contributed by atoms with E-state index in [1.165, 1.54) is 0 Å². The lowest BCUT2D eigenvalue weighted by atomic mass is 10.1. The summed E-state index contributed by atoms with van der Waals surface area (Å²) in [6.07, 6.45) is 2.12. The molecule has 0 heterocycles. The summed E-state index contributed by atoms with van der Waals surface area (Å²) in [6, 6.07) is 7.32. The Morgan fingerprint density at radius 2 is 2.00 bits per heavy atom. The third kappa shape index (κ3) is 4.23. The number of nitrogens with two attached hydrogens (primary N) is 1. The molecule has 0 aliphatic heterocycles. The Morgan fingerprint density at radius 3 is 2.56 bits per heavy atom. The first-order valence-electron chi connectivity index (χ1n) is 6.23. The normalized spacial score (nSPS) is 9.50. The summed E-state index contributed by atoms with van der Waals surface area (Å²) in [5.41, 5.74) is 6.89. The molecule has 3 nitrogen and oxygen atoms in total. The number of carbonyl (C=O) groups excluding carboxylic acids is 1. The Hall–Kier alpha value is -1.79. The highest BCUT2D eigenvalue weighted by molar-refractivity contribution is 5.94. The van der Waals surface area contributed by atoms with Crippen LogP contribution in [0.3, 0.4) is 0 Å². The molecule has 0 aliphatic rings. The van der Waals surface area contributed by atoms with Crippen molar-refractivity contribution in [3.63, 3.8) is 0 Å². The van der Waals surface area contributed by atoms with Gasteiger partial charge in [0.05, 0.1) is 6.54 Å². The van der Waals surface area contributed by atoms with Crippen molar-refractivity contribution in [2.45, 2.75) is 19.8 Å². The molecule has 0 spiro atoms. The van der Waals surface area contributed by atoms with E-state index >= 15 is 0 Å². The number of benzene rings is 1. The maximum Gasteiger partial charge on any atom is 0.253 e. The van der Waals surface area contributed by atoms with E-state index < -0.39 is 0 Å². The summed E-state index contributed by atoms with van der Waals surface area (Å²) in [5, 5.41) is 0. The SMILES string of the molecule is CCCCN(C)C(=O)c1ccc(C#CCN)cc1. The second kappa shape index (κ2) is 7.52. The minimum atomic E-state index is 0.0572. The third-order valence-corrected chi connectivity index (χ3v) is 2.66. The van der Waals surface area contributed by atoms with Crippen LogP contribution in [0.5, 0.6) is 0 Å². The maximum absolute atomic E-state index is 12.0. The summed E-state index contributed by atoms with van der Waals surface area (Å²) in [7, 11) is 1.83. The van der Waals surface area contributed by atoms with Crippen LogP contribution < -0.4 is 5.73 Å². The first-order chi connectivity index (χ1) is 8.69. The first-order valence-corrected chi connectivity index (χ1v) is 6.23. The zero-order valence-electron chi connectivity index (χ0n) is 11.1. The Bertz CT molecular complexity index is 440. The van der Waals surface area contributed by atoms with Crippen LogP contribution in [0.15, 0.2) is 24.3 Å². The second-order valence-electron chi connectivity index (χ2n) is 4.16. The van der Waals surface area contributed by atoms with Crippen molar-refractivity contribution in [1.29, 1.82) is 0 Å². The van der Waals surface area contributed by atoms with Crippen LogP contribution in [0.4, 0.5) is 0 Å². The Balaban J connectivity index is 2.69. The summed E-state index contributed by atoms with van der Waals surface area (Å²) >= 11 is 0. The molecular formula is C15H20N2O. The average molecular weight is 244 g/mol. The molecule has 1 aromatic rings. The fourth-order valence-corrected chi connectivity index (χ4v) is 1.57. The highest BCUT2D eigenvalue weighted by atomic mass is 16.2. The van der Waals surface area contributed by atoms with E-state index in [9.17, 15) is 4.79 Å². The Labute approximate surface area is 109 Å². The van der Waals surface area contributed by atoms with Gasteiger partial charge in [-0.3, -0.25) is 4.79 Å². The fourth-order valence-electron chi connectivity index (χ4n) is 1.57. The molecular weight excluding hydrogens is 224 g/mol. The molecule has 1 aromatic carbocycles. The number of unbranched alkanes of at least 4 members (excludes halogenated alkanes) is 1. The third-order valence-electron chi connectivity index (χ3n) is 2.66. The number of nitrogens with zero attached hydrogens (tertiary/aromatic N) is 1. The van der Waals surface area contributed by atoms with E-state index in [1.807, 2.05) is 31.3 Å². The Kier molecular flexibility index (Phi) is 5.96. The molecule has 0 radical (unpaired) electrons. The van der Waals surface area contributed by atoms with Crippen LogP contribution in [0, 0.1) is 11.8 Å². The predicted octanol–water partition coefficient (Wildman–Crippen LogP) is 1.87. The maximum atomic E-state index is 12.0.